The van der Waals surface area contributed by atoms with Gasteiger partial charge >= 0.3 is 0 Å². The number of aromatic nitrogens is 1. The number of allylic oxidation sites excluding steroid dienone is 2. The van der Waals surface area contributed by atoms with E-state index in [-0.39, 0.29) is 5.41 Å². The highest BCUT2D eigenvalue weighted by atomic mass is 14.7. The molecule has 0 unspecified atom stereocenters. The van der Waals surface area contributed by atoms with E-state index in [0.717, 1.165) is 0 Å². The van der Waals surface area contributed by atoms with Gasteiger partial charge in [0.2, 0.25) is 0 Å². The monoisotopic (exact) mass is 209 g/mol. The maximum absolute atomic E-state index is 3.46. The number of rotatable bonds is 0. The highest BCUT2D eigenvalue weighted by Crippen LogP contribution is 2.31. The van der Waals surface area contributed by atoms with Gasteiger partial charge in [0.25, 0.3) is 0 Å². The van der Waals surface area contributed by atoms with E-state index in [1.54, 1.807) is 0 Å². The van der Waals surface area contributed by atoms with Crippen LogP contribution in [-0.4, -0.2) is 4.98 Å². The SMILES string of the molecule is CC1(C)C=Cc2[nH]c3ccccc3c2C=C1. The molecule has 80 valence electrons. The van der Waals surface area contributed by atoms with E-state index in [0.29, 0.717) is 0 Å². The van der Waals surface area contributed by atoms with E-state index >= 15 is 0 Å². The molecule has 16 heavy (non-hydrogen) atoms. The number of H-pyrrole nitrogens is 1. The van der Waals surface area contributed by atoms with Crippen LogP contribution in [0.3, 0.4) is 0 Å². The minimum atomic E-state index is 0.140. The van der Waals surface area contributed by atoms with Crippen LogP contribution >= 0.6 is 0 Å². The van der Waals surface area contributed by atoms with Gasteiger partial charge in [-0.3, -0.25) is 0 Å². The number of fused-ring (bicyclic) bond motifs is 3. The first-order valence-corrected chi connectivity index (χ1v) is 5.65. The summed E-state index contributed by atoms with van der Waals surface area (Å²) in [6.07, 6.45) is 8.92. The summed E-state index contributed by atoms with van der Waals surface area (Å²) in [5.41, 5.74) is 3.86. The summed E-state index contributed by atoms with van der Waals surface area (Å²) in [7, 11) is 0. The van der Waals surface area contributed by atoms with Crippen molar-refractivity contribution in [2.45, 2.75) is 13.8 Å². The summed E-state index contributed by atoms with van der Waals surface area (Å²) in [6, 6.07) is 8.44. The average Bonchev–Trinajstić information content (AvgIpc) is 2.54. The van der Waals surface area contributed by atoms with Crippen LogP contribution in [0, 0.1) is 5.41 Å². The Hall–Kier alpha value is -1.76. The first kappa shape index (κ1) is 9.46. The molecule has 0 saturated carbocycles. The molecule has 0 saturated heterocycles. The molecule has 1 aromatic heterocycles. The molecule has 2 aromatic rings. The first-order chi connectivity index (χ1) is 7.66. The molecular weight excluding hydrogens is 194 g/mol. The van der Waals surface area contributed by atoms with Gasteiger partial charge in [-0.05, 0) is 12.1 Å². The molecule has 0 radical (unpaired) electrons. The minimum absolute atomic E-state index is 0.140. The smallest absolute Gasteiger partial charge is 0.0464 e. The van der Waals surface area contributed by atoms with Crippen molar-refractivity contribution < 1.29 is 0 Å². The zero-order valence-corrected chi connectivity index (χ0v) is 9.62. The Bertz CT molecular complexity index is 597. The Balaban J connectivity index is 2.30. The van der Waals surface area contributed by atoms with Crippen LogP contribution in [0.25, 0.3) is 23.1 Å². The van der Waals surface area contributed by atoms with E-state index in [1.807, 2.05) is 0 Å². The van der Waals surface area contributed by atoms with Gasteiger partial charge < -0.3 is 4.98 Å². The van der Waals surface area contributed by atoms with Gasteiger partial charge in [0.05, 0.1) is 0 Å². The molecule has 1 aromatic carbocycles. The molecular formula is C15H15N. The highest BCUT2D eigenvalue weighted by molar-refractivity contribution is 5.93. The second-order valence-electron chi connectivity index (χ2n) is 4.99. The second-order valence-corrected chi connectivity index (χ2v) is 4.99. The summed E-state index contributed by atoms with van der Waals surface area (Å²) in [5, 5.41) is 1.30. The van der Waals surface area contributed by atoms with Gasteiger partial charge in [-0.15, -0.1) is 0 Å². The zero-order chi connectivity index (χ0) is 11.2. The van der Waals surface area contributed by atoms with Crippen LogP contribution in [0.2, 0.25) is 0 Å². The van der Waals surface area contributed by atoms with Crippen LogP contribution in [0.15, 0.2) is 36.4 Å². The zero-order valence-electron chi connectivity index (χ0n) is 9.62. The molecule has 0 aliphatic heterocycles. The van der Waals surface area contributed by atoms with E-state index in [4.69, 9.17) is 0 Å². The largest absolute Gasteiger partial charge is 0.355 e. The van der Waals surface area contributed by atoms with Gasteiger partial charge in [-0.25, -0.2) is 0 Å². The van der Waals surface area contributed by atoms with Crippen molar-refractivity contribution >= 4 is 23.1 Å². The van der Waals surface area contributed by atoms with Gasteiger partial charge in [0.15, 0.2) is 0 Å². The summed E-state index contributed by atoms with van der Waals surface area (Å²) in [4.78, 5) is 3.46. The van der Waals surface area contributed by atoms with Crippen LogP contribution in [0.4, 0.5) is 0 Å². The average molecular weight is 209 g/mol. The lowest BCUT2D eigenvalue weighted by Crippen LogP contribution is -2.00. The van der Waals surface area contributed by atoms with Crippen molar-refractivity contribution in [2.75, 3.05) is 0 Å². The topological polar surface area (TPSA) is 15.8 Å². The maximum Gasteiger partial charge on any atom is 0.0464 e. The van der Waals surface area contributed by atoms with Crippen LogP contribution in [0.1, 0.15) is 25.1 Å². The Morgan fingerprint density at radius 3 is 2.62 bits per heavy atom. The third-order valence-corrected chi connectivity index (χ3v) is 3.14. The lowest BCUT2D eigenvalue weighted by atomic mass is 9.93. The highest BCUT2D eigenvalue weighted by Gasteiger charge is 2.15. The van der Waals surface area contributed by atoms with Crippen molar-refractivity contribution in [2.24, 2.45) is 5.41 Å². The van der Waals surface area contributed by atoms with E-state index in [1.165, 1.54) is 22.2 Å². The van der Waals surface area contributed by atoms with Crippen molar-refractivity contribution in [3.05, 3.63) is 47.7 Å². The quantitative estimate of drug-likeness (QED) is 0.668. The van der Waals surface area contributed by atoms with Crippen LogP contribution < -0.4 is 0 Å². The number of benzene rings is 1. The maximum atomic E-state index is 3.46. The molecule has 0 amide bonds. The van der Waals surface area contributed by atoms with Crippen molar-refractivity contribution in [3.63, 3.8) is 0 Å². The number of hydrogen-bond acceptors (Lipinski definition) is 0. The molecule has 1 nitrogen and oxygen atoms in total. The molecule has 0 spiro atoms. The van der Waals surface area contributed by atoms with Crippen molar-refractivity contribution in [1.82, 2.24) is 4.98 Å². The molecule has 1 N–H and O–H groups in total. The van der Waals surface area contributed by atoms with E-state index in [9.17, 15) is 0 Å². The summed E-state index contributed by atoms with van der Waals surface area (Å²) >= 11 is 0. The molecule has 0 atom stereocenters. The molecule has 1 heterocycles. The third-order valence-electron chi connectivity index (χ3n) is 3.14. The van der Waals surface area contributed by atoms with Crippen molar-refractivity contribution in [3.8, 4) is 0 Å². The predicted octanol–water partition coefficient (Wildman–Crippen LogP) is 4.23. The fraction of sp³-hybridized carbons (Fsp3) is 0.200. The predicted molar refractivity (Wildman–Crippen MR) is 70.1 cm³/mol. The lowest BCUT2D eigenvalue weighted by Gasteiger charge is -2.12. The Morgan fingerprint density at radius 2 is 1.75 bits per heavy atom. The van der Waals surface area contributed by atoms with Crippen molar-refractivity contribution in [1.29, 1.82) is 0 Å². The Kier molecular flexibility index (Phi) is 1.84. The summed E-state index contributed by atoms with van der Waals surface area (Å²) in [5.74, 6) is 0. The fourth-order valence-electron chi connectivity index (χ4n) is 2.15. The van der Waals surface area contributed by atoms with Gasteiger partial charge in [0.1, 0.15) is 0 Å². The molecule has 0 bridgehead atoms. The lowest BCUT2D eigenvalue weighted by molar-refractivity contribution is 0.633. The molecule has 1 aliphatic rings. The Morgan fingerprint density at radius 1 is 1.00 bits per heavy atom. The second kappa shape index (κ2) is 3.11. The number of aromatic amines is 1. The third kappa shape index (κ3) is 1.40. The summed E-state index contributed by atoms with van der Waals surface area (Å²) < 4.78 is 0. The Labute approximate surface area is 95.5 Å². The van der Waals surface area contributed by atoms with Crippen LogP contribution in [0.5, 0.6) is 0 Å². The van der Waals surface area contributed by atoms with Crippen LogP contribution in [-0.2, 0) is 0 Å². The molecule has 0 fully saturated rings. The van der Waals surface area contributed by atoms with E-state index in [2.05, 4.69) is 67.4 Å². The standard InChI is InChI=1S/C15H15N/c1-15(2)9-7-12-11-5-3-4-6-13(11)16-14(12)8-10-15/h3-10,16H,1-2H3. The van der Waals surface area contributed by atoms with Gasteiger partial charge in [-0.2, -0.15) is 0 Å². The molecule has 1 aliphatic carbocycles. The molecule has 1 heteroatoms. The first-order valence-electron chi connectivity index (χ1n) is 5.65. The van der Waals surface area contributed by atoms with Gasteiger partial charge in [-0.1, -0.05) is 50.3 Å². The number of hydrogen-bond donors (Lipinski definition) is 1. The minimum Gasteiger partial charge on any atom is -0.355 e. The number of para-hydroxylation sites is 1. The summed E-state index contributed by atoms with van der Waals surface area (Å²) in [6.45, 7) is 4.43. The van der Waals surface area contributed by atoms with E-state index < -0.39 is 0 Å². The fourth-order valence-corrected chi connectivity index (χ4v) is 2.15. The van der Waals surface area contributed by atoms with Gasteiger partial charge in [0, 0.05) is 27.6 Å². The normalized spacial score (nSPS) is 17.4. The number of nitrogens with one attached hydrogen (secondary N) is 1. The molecule has 3 rings (SSSR count).